The lowest BCUT2D eigenvalue weighted by Gasteiger charge is -2.11. The molecule has 26 heavy (non-hydrogen) atoms. The van der Waals surface area contributed by atoms with Crippen molar-refractivity contribution in [2.45, 2.75) is 20.8 Å². The topological polar surface area (TPSA) is 106 Å². The molecule has 2 aromatic heterocycles. The van der Waals surface area contributed by atoms with Crippen LogP contribution in [0.3, 0.4) is 0 Å². The highest BCUT2D eigenvalue weighted by atomic mass is 16.5. The zero-order valence-electron chi connectivity index (χ0n) is 14.6. The van der Waals surface area contributed by atoms with Crippen molar-refractivity contribution >= 4 is 29.0 Å². The normalized spacial score (nSPS) is 10.7. The van der Waals surface area contributed by atoms with E-state index in [0.29, 0.717) is 28.1 Å². The minimum Gasteiger partial charge on any atom is -0.478 e. The average Bonchev–Trinajstić information content (AvgIpc) is 2.95. The first-order valence-corrected chi connectivity index (χ1v) is 8.03. The summed E-state index contributed by atoms with van der Waals surface area (Å²) in [6.45, 7) is 5.68. The lowest BCUT2D eigenvalue weighted by molar-refractivity contribution is 0.0525. The van der Waals surface area contributed by atoms with Gasteiger partial charge in [0.1, 0.15) is 11.8 Å². The molecule has 2 heterocycles. The molecule has 0 atom stereocenters. The van der Waals surface area contributed by atoms with E-state index in [9.17, 15) is 14.7 Å². The smallest absolute Gasteiger partial charge is 0.340 e. The minimum absolute atomic E-state index is 0.169. The maximum Gasteiger partial charge on any atom is 0.340 e. The monoisotopic (exact) mass is 354 g/mol. The van der Waals surface area contributed by atoms with Crippen LogP contribution in [0.1, 0.15) is 38.8 Å². The Morgan fingerprint density at radius 1 is 1.31 bits per heavy atom. The molecule has 0 radical (unpaired) electrons. The largest absolute Gasteiger partial charge is 0.478 e. The quantitative estimate of drug-likeness (QED) is 0.678. The Balaban J connectivity index is 2.08. The van der Waals surface area contributed by atoms with Gasteiger partial charge in [-0.05, 0) is 44.0 Å². The molecule has 8 heteroatoms. The van der Waals surface area contributed by atoms with Crippen molar-refractivity contribution in [3.63, 3.8) is 0 Å². The SMILES string of the molecule is CCOC(=O)c1cn2ncnc(Nc3cc(C(=O)O)ccc3C)c2c1C. The lowest BCUT2D eigenvalue weighted by Crippen LogP contribution is -2.04. The first-order chi connectivity index (χ1) is 12.4. The number of rotatable bonds is 5. The molecule has 0 bridgehead atoms. The second kappa shape index (κ2) is 6.83. The number of carbonyl (C=O) groups is 2. The Hall–Kier alpha value is -3.42. The van der Waals surface area contributed by atoms with E-state index in [4.69, 9.17) is 4.74 Å². The van der Waals surface area contributed by atoms with Gasteiger partial charge in [0.2, 0.25) is 0 Å². The third kappa shape index (κ3) is 3.08. The molecule has 134 valence electrons. The van der Waals surface area contributed by atoms with Gasteiger partial charge in [0.05, 0.1) is 17.7 Å². The summed E-state index contributed by atoms with van der Waals surface area (Å²) >= 11 is 0. The Morgan fingerprint density at radius 2 is 2.08 bits per heavy atom. The van der Waals surface area contributed by atoms with Crippen molar-refractivity contribution in [1.82, 2.24) is 14.6 Å². The Kier molecular flexibility index (Phi) is 4.57. The molecule has 3 rings (SSSR count). The first kappa shape index (κ1) is 17.4. The van der Waals surface area contributed by atoms with E-state index in [-0.39, 0.29) is 12.2 Å². The van der Waals surface area contributed by atoms with Crippen molar-refractivity contribution in [1.29, 1.82) is 0 Å². The molecule has 0 aliphatic rings. The number of benzene rings is 1. The van der Waals surface area contributed by atoms with Gasteiger partial charge in [0.15, 0.2) is 5.82 Å². The fourth-order valence-electron chi connectivity index (χ4n) is 2.68. The van der Waals surface area contributed by atoms with Crippen LogP contribution in [-0.4, -0.2) is 38.3 Å². The molecule has 0 unspecified atom stereocenters. The van der Waals surface area contributed by atoms with Crippen molar-refractivity contribution in [2.24, 2.45) is 0 Å². The number of anilines is 2. The fraction of sp³-hybridized carbons (Fsp3) is 0.222. The summed E-state index contributed by atoms with van der Waals surface area (Å²) in [7, 11) is 0. The molecule has 0 saturated carbocycles. The number of carboxylic acids is 1. The molecule has 0 spiro atoms. The predicted octanol–water partition coefficient (Wildman–Crippen LogP) is 2.96. The van der Waals surface area contributed by atoms with Crippen LogP contribution in [-0.2, 0) is 4.74 Å². The van der Waals surface area contributed by atoms with Gasteiger partial charge in [-0.25, -0.2) is 19.1 Å². The van der Waals surface area contributed by atoms with Crippen LogP contribution in [0.4, 0.5) is 11.5 Å². The Morgan fingerprint density at radius 3 is 2.77 bits per heavy atom. The van der Waals surface area contributed by atoms with Crippen LogP contribution in [0.15, 0.2) is 30.7 Å². The minimum atomic E-state index is -1.01. The van der Waals surface area contributed by atoms with Gasteiger partial charge in [-0.2, -0.15) is 5.10 Å². The molecular weight excluding hydrogens is 336 g/mol. The zero-order valence-corrected chi connectivity index (χ0v) is 14.6. The molecule has 3 aromatic rings. The average molecular weight is 354 g/mol. The standard InChI is InChI=1S/C18H18N4O4/c1-4-26-18(25)13-8-22-15(11(13)3)16(19-9-20-22)21-14-7-12(17(23)24)6-5-10(14)2/h5-9H,4H2,1-3H3,(H,23,24)(H,19,20,21). The summed E-state index contributed by atoms with van der Waals surface area (Å²) in [5.41, 5.74) is 3.36. The van der Waals surface area contributed by atoms with Gasteiger partial charge >= 0.3 is 11.9 Å². The van der Waals surface area contributed by atoms with E-state index >= 15 is 0 Å². The van der Waals surface area contributed by atoms with Crippen LogP contribution in [0.5, 0.6) is 0 Å². The fourth-order valence-corrected chi connectivity index (χ4v) is 2.68. The van der Waals surface area contributed by atoms with Crippen LogP contribution in [0.2, 0.25) is 0 Å². The molecular formula is C18H18N4O4. The van der Waals surface area contributed by atoms with Gasteiger partial charge in [0, 0.05) is 11.9 Å². The van der Waals surface area contributed by atoms with Crippen LogP contribution in [0, 0.1) is 13.8 Å². The number of hydrogen-bond acceptors (Lipinski definition) is 6. The van der Waals surface area contributed by atoms with Crippen LogP contribution < -0.4 is 5.32 Å². The van der Waals surface area contributed by atoms with Crippen molar-refractivity contribution < 1.29 is 19.4 Å². The van der Waals surface area contributed by atoms with Crippen LogP contribution >= 0.6 is 0 Å². The summed E-state index contributed by atoms with van der Waals surface area (Å²) in [6, 6.07) is 4.81. The number of fused-ring (bicyclic) bond motifs is 1. The molecule has 8 nitrogen and oxygen atoms in total. The number of aromatic nitrogens is 3. The molecule has 2 N–H and O–H groups in total. The Labute approximate surface area is 149 Å². The molecule has 1 aromatic carbocycles. The van der Waals surface area contributed by atoms with E-state index in [2.05, 4.69) is 15.4 Å². The summed E-state index contributed by atoms with van der Waals surface area (Å²) in [6.07, 6.45) is 2.95. The predicted molar refractivity (Wildman–Crippen MR) is 95.1 cm³/mol. The van der Waals surface area contributed by atoms with E-state index in [1.165, 1.54) is 6.33 Å². The number of ether oxygens (including phenoxy) is 1. The van der Waals surface area contributed by atoms with Gasteiger partial charge in [-0.1, -0.05) is 6.07 Å². The van der Waals surface area contributed by atoms with E-state index in [1.807, 2.05) is 6.92 Å². The van der Waals surface area contributed by atoms with Gasteiger partial charge in [-0.15, -0.1) is 0 Å². The highest BCUT2D eigenvalue weighted by molar-refractivity contribution is 5.96. The van der Waals surface area contributed by atoms with E-state index < -0.39 is 11.9 Å². The molecule has 0 aliphatic heterocycles. The number of aromatic carboxylic acids is 1. The number of carbonyl (C=O) groups excluding carboxylic acids is 1. The molecule has 0 fully saturated rings. The maximum absolute atomic E-state index is 12.1. The second-order valence-electron chi connectivity index (χ2n) is 5.75. The maximum atomic E-state index is 12.1. The van der Waals surface area contributed by atoms with Gasteiger partial charge < -0.3 is 15.2 Å². The van der Waals surface area contributed by atoms with E-state index in [1.54, 1.807) is 42.8 Å². The number of nitrogens with zero attached hydrogens (tertiary/aromatic N) is 3. The summed E-state index contributed by atoms with van der Waals surface area (Å²) in [4.78, 5) is 27.6. The Bertz CT molecular complexity index is 1010. The second-order valence-corrected chi connectivity index (χ2v) is 5.75. The van der Waals surface area contributed by atoms with E-state index in [0.717, 1.165) is 5.56 Å². The van der Waals surface area contributed by atoms with Gasteiger partial charge in [-0.3, -0.25) is 0 Å². The van der Waals surface area contributed by atoms with Crippen LogP contribution in [0.25, 0.3) is 5.52 Å². The molecule has 0 aliphatic carbocycles. The number of esters is 1. The molecule has 0 saturated heterocycles. The summed E-state index contributed by atoms with van der Waals surface area (Å²) in [5.74, 6) is -0.964. The number of carboxylic acid groups (broad SMARTS) is 1. The first-order valence-electron chi connectivity index (χ1n) is 8.03. The zero-order chi connectivity index (χ0) is 18.8. The summed E-state index contributed by atoms with van der Waals surface area (Å²) in [5, 5.41) is 16.5. The number of aryl methyl sites for hydroxylation is 2. The van der Waals surface area contributed by atoms with Crippen molar-refractivity contribution in [2.75, 3.05) is 11.9 Å². The number of hydrogen-bond donors (Lipinski definition) is 2. The summed E-state index contributed by atoms with van der Waals surface area (Å²) < 4.78 is 6.62. The third-order valence-corrected chi connectivity index (χ3v) is 4.06. The van der Waals surface area contributed by atoms with Crippen molar-refractivity contribution in [3.8, 4) is 0 Å². The number of nitrogens with one attached hydrogen (secondary N) is 1. The third-order valence-electron chi connectivity index (χ3n) is 4.06. The van der Waals surface area contributed by atoms with Crippen molar-refractivity contribution in [3.05, 3.63) is 53.0 Å². The molecule has 0 amide bonds. The highest BCUT2D eigenvalue weighted by Crippen LogP contribution is 2.27. The van der Waals surface area contributed by atoms with Gasteiger partial charge in [0.25, 0.3) is 0 Å². The lowest BCUT2D eigenvalue weighted by atomic mass is 10.1. The highest BCUT2D eigenvalue weighted by Gasteiger charge is 2.19.